The summed E-state index contributed by atoms with van der Waals surface area (Å²) < 4.78 is 2.06. The summed E-state index contributed by atoms with van der Waals surface area (Å²) in [5, 5.41) is 5.46. The predicted octanol–water partition coefficient (Wildman–Crippen LogP) is 3.57. The Morgan fingerprint density at radius 3 is 3.17 bits per heavy atom. The summed E-state index contributed by atoms with van der Waals surface area (Å²) in [5.41, 5.74) is 3.58. The first-order valence-corrected chi connectivity index (χ1v) is 6.97. The maximum Gasteiger partial charge on any atom is 0.193 e. The van der Waals surface area contributed by atoms with Crippen molar-refractivity contribution < 1.29 is 0 Å². The minimum atomic E-state index is 0.765. The first-order valence-electron chi connectivity index (χ1n) is 6.09. The van der Waals surface area contributed by atoms with Crippen LogP contribution in [0.5, 0.6) is 0 Å². The highest BCUT2D eigenvalue weighted by Crippen LogP contribution is 2.14. The molecule has 0 atom stereocenters. The van der Waals surface area contributed by atoms with Gasteiger partial charge in [-0.1, -0.05) is 19.1 Å². The molecule has 0 spiro atoms. The van der Waals surface area contributed by atoms with Gasteiger partial charge in [0, 0.05) is 23.5 Å². The third kappa shape index (κ3) is 2.24. The number of aryl methyl sites for hydroxylation is 1. The second-order valence-electron chi connectivity index (χ2n) is 4.23. The van der Waals surface area contributed by atoms with Crippen LogP contribution >= 0.6 is 11.3 Å². The van der Waals surface area contributed by atoms with E-state index in [0.29, 0.717) is 0 Å². The van der Waals surface area contributed by atoms with E-state index in [9.17, 15) is 0 Å². The molecular formula is C14H15N3S. The number of imidazole rings is 1. The monoisotopic (exact) mass is 257 g/mol. The third-order valence-corrected chi connectivity index (χ3v) is 3.72. The van der Waals surface area contributed by atoms with E-state index < -0.39 is 0 Å². The van der Waals surface area contributed by atoms with E-state index in [-0.39, 0.29) is 0 Å². The quantitative estimate of drug-likeness (QED) is 0.774. The number of fused-ring (bicyclic) bond motifs is 1. The topological polar surface area (TPSA) is 29.3 Å². The first-order chi connectivity index (χ1) is 8.85. The van der Waals surface area contributed by atoms with Gasteiger partial charge < -0.3 is 5.32 Å². The van der Waals surface area contributed by atoms with E-state index in [2.05, 4.69) is 52.1 Å². The zero-order valence-electron chi connectivity index (χ0n) is 10.3. The summed E-state index contributed by atoms with van der Waals surface area (Å²) in [6, 6.07) is 8.53. The minimum Gasteiger partial charge on any atom is -0.379 e. The SMILES string of the molecule is CCc1cccc(NCc2cn3ccsc3n2)c1. The average molecular weight is 257 g/mol. The molecule has 1 N–H and O–H groups in total. The van der Waals surface area contributed by atoms with Gasteiger partial charge in [-0.15, -0.1) is 11.3 Å². The number of benzene rings is 1. The molecule has 0 saturated heterocycles. The van der Waals surface area contributed by atoms with Gasteiger partial charge in [0.05, 0.1) is 12.2 Å². The summed E-state index contributed by atoms with van der Waals surface area (Å²) in [4.78, 5) is 5.60. The molecule has 92 valence electrons. The van der Waals surface area contributed by atoms with Gasteiger partial charge in [-0.2, -0.15) is 0 Å². The number of nitrogens with zero attached hydrogens (tertiary/aromatic N) is 2. The van der Waals surface area contributed by atoms with Crippen LogP contribution in [0.4, 0.5) is 5.69 Å². The number of thiazole rings is 1. The molecule has 3 rings (SSSR count). The van der Waals surface area contributed by atoms with Crippen molar-refractivity contribution in [2.45, 2.75) is 19.9 Å². The minimum absolute atomic E-state index is 0.765. The lowest BCUT2D eigenvalue weighted by atomic mass is 10.1. The normalized spacial score (nSPS) is 10.9. The number of aromatic nitrogens is 2. The number of hydrogen-bond donors (Lipinski definition) is 1. The average Bonchev–Trinajstić information content (AvgIpc) is 2.97. The molecule has 0 radical (unpaired) electrons. The lowest BCUT2D eigenvalue weighted by Crippen LogP contribution is -1.99. The van der Waals surface area contributed by atoms with Crippen LogP contribution < -0.4 is 5.32 Å². The van der Waals surface area contributed by atoms with Crippen LogP contribution in [0, 0.1) is 0 Å². The summed E-state index contributed by atoms with van der Waals surface area (Å²) in [6.45, 7) is 2.93. The van der Waals surface area contributed by atoms with Crippen LogP contribution in [0.3, 0.4) is 0 Å². The molecule has 4 heteroatoms. The molecule has 0 unspecified atom stereocenters. The molecule has 0 amide bonds. The van der Waals surface area contributed by atoms with Crippen LogP contribution in [-0.4, -0.2) is 9.38 Å². The Balaban J connectivity index is 1.71. The zero-order valence-corrected chi connectivity index (χ0v) is 11.1. The van der Waals surface area contributed by atoms with Gasteiger partial charge in [0.1, 0.15) is 0 Å². The summed E-state index contributed by atoms with van der Waals surface area (Å²) in [7, 11) is 0. The van der Waals surface area contributed by atoms with E-state index in [4.69, 9.17) is 0 Å². The number of hydrogen-bond acceptors (Lipinski definition) is 3. The smallest absolute Gasteiger partial charge is 0.193 e. The zero-order chi connectivity index (χ0) is 12.4. The molecule has 0 fully saturated rings. The van der Waals surface area contributed by atoms with Crippen LogP contribution in [0.15, 0.2) is 42.0 Å². The predicted molar refractivity (Wildman–Crippen MR) is 76.2 cm³/mol. The van der Waals surface area contributed by atoms with Crippen molar-refractivity contribution in [1.29, 1.82) is 0 Å². The van der Waals surface area contributed by atoms with Crippen molar-refractivity contribution in [1.82, 2.24) is 9.38 Å². The molecule has 1 aromatic carbocycles. The molecule has 0 saturated carbocycles. The molecule has 18 heavy (non-hydrogen) atoms. The lowest BCUT2D eigenvalue weighted by molar-refractivity contribution is 1.07. The van der Waals surface area contributed by atoms with Crippen molar-refractivity contribution in [3.63, 3.8) is 0 Å². The van der Waals surface area contributed by atoms with Crippen molar-refractivity contribution in [3.8, 4) is 0 Å². The Kier molecular flexibility index (Phi) is 3.02. The molecular weight excluding hydrogens is 242 g/mol. The Hall–Kier alpha value is -1.81. The van der Waals surface area contributed by atoms with Crippen molar-refractivity contribution in [3.05, 3.63) is 53.3 Å². The van der Waals surface area contributed by atoms with E-state index in [1.165, 1.54) is 5.56 Å². The van der Waals surface area contributed by atoms with Gasteiger partial charge in [0.15, 0.2) is 4.96 Å². The van der Waals surface area contributed by atoms with E-state index in [1.54, 1.807) is 11.3 Å². The molecule has 2 heterocycles. The second-order valence-corrected chi connectivity index (χ2v) is 5.11. The van der Waals surface area contributed by atoms with Gasteiger partial charge >= 0.3 is 0 Å². The Morgan fingerprint density at radius 2 is 2.33 bits per heavy atom. The van der Waals surface area contributed by atoms with Gasteiger partial charge in [-0.3, -0.25) is 4.40 Å². The van der Waals surface area contributed by atoms with Crippen LogP contribution in [0.2, 0.25) is 0 Å². The number of anilines is 1. The highest BCUT2D eigenvalue weighted by atomic mass is 32.1. The van der Waals surface area contributed by atoms with Gasteiger partial charge in [0.2, 0.25) is 0 Å². The summed E-state index contributed by atoms with van der Waals surface area (Å²) in [5.74, 6) is 0. The van der Waals surface area contributed by atoms with Gasteiger partial charge in [0.25, 0.3) is 0 Å². The van der Waals surface area contributed by atoms with E-state index >= 15 is 0 Å². The van der Waals surface area contributed by atoms with Crippen LogP contribution in [0.1, 0.15) is 18.2 Å². The molecule has 0 aliphatic rings. The second kappa shape index (κ2) is 4.82. The van der Waals surface area contributed by atoms with Gasteiger partial charge in [-0.05, 0) is 24.1 Å². The Morgan fingerprint density at radius 1 is 1.39 bits per heavy atom. The Labute approximate surface area is 110 Å². The lowest BCUT2D eigenvalue weighted by Gasteiger charge is -2.05. The van der Waals surface area contributed by atoms with E-state index in [1.807, 2.05) is 11.6 Å². The molecule has 0 bridgehead atoms. The van der Waals surface area contributed by atoms with Crippen LogP contribution in [0.25, 0.3) is 4.96 Å². The molecule has 3 aromatic rings. The highest BCUT2D eigenvalue weighted by molar-refractivity contribution is 7.15. The molecule has 0 aliphatic heterocycles. The molecule has 3 nitrogen and oxygen atoms in total. The van der Waals surface area contributed by atoms with Crippen molar-refractivity contribution in [2.24, 2.45) is 0 Å². The highest BCUT2D eigenvalue weighted by Gasteiger charge is 2.02. The first kappa shape index (κ1) is 11.3. The fraction of sp³-hybridized carbons (Fsp3) is 0.214. The fourth-order valence-corrected chi connectivity index (χ4v) is 2.67. The number of rotatable bonds is 4. The largest absolute Gasteiger partial charge is 0.379 e. The number of nitrogens with one attached hydrogen (secondary N) is 1. The standard InChI is InChI=1S/C14H15N3S/c1-2-11-4-3-5-12(8-11)15-9-13-10-17-6-7-18-14(17)16-13/h3-8,10,15H,2,9H2,1H3. The summed E-state index contributed by atoms with van der Waals surface area (Å²) in [6.07, 6.45) is 5.17. The van der Waals surface area contributed by atoms with Crippen molar-refractivity contribution in [2.75, 3.05) is 5.32 Å². The van der Waals surface area contributed by atoms with E-state index in [0.717, 1.165) is 29.3 Å². The Bertz CT molecular complexity index is 625. The molecule has 0 aliphatic carbocycles. The maximum absolute atomic E-state index is 4.55. The fourth-order valence-electron chi connectivity index (χ4n) is 1.96. The summed E-state index contributed by atoms with van der Waals surface area (Å²) >= 11 is 1.66. The van der Waals surface area contributed by atoms with Crippen molar-refractivity contribution >= 4 is 22.0 Å². The van der Waals surface area contributed by atoms with Gasteiger partial charge in [-0.25, -0.2) is 4.98 Å². The van der Waals surface area contributed by atoms with Crippen LogP contribution in [-0.2, 0) is 13.0 Å². The third-order valence-electron chi connectivity index (χ3n) is 2.95. The maximum atomic E-state index is 4.55. The molecule has 2 aromatic heterocycles.